The molecule has 1 aromatic carbocycles. The molecule has 1 saturated heterocycles. The highest BCUT2D eigenvalue weighted by Crippen LogP contribution is 2.38. The van der Waals surface area contributed by atoms with Gasteiger partial charge in [0.1, 0.15) is 16.4 Å². The molecule has 1 aliphatic rings. The summed E-state index contributed by atoms with van der Waals surface area (Å²) in [5.41, 5.74) is 0.433. The van der Waals surface area contributed by atoms with Crippen LogP contribution >= 0.6 is 11.3 Å². The molecule has 0 saturated carbocycles. The molecule has 38 heavy (non-hydrogen) atoms. The molecule has 1 atom stereocenters. The van der Waals surface area contributed by atoms with Gasteiger partial charge in [0, 0.05) is 43.8 Å². The number of likely N-dealkylation sites (N-methyl/N-ethyl adjacent to an activating group) is 1. The Morgan fingerprint density at radius 1 is 1.21 bits per heavy atom. The molecule has 3 amide bonds. The summed E-state index contributed by atoms with van der Waals surface area (Å²) in [6.45, 7) is 13.0. The molecule has 2 heterocycles. The Balaban J connectivity index is 0.000000423. The lowest BCUT2D eigenvalue weighted by molar-refractivity contribution is -0.148. The largest absolute Gasteiger partial charge is 0.379 e. The minimum atomic E-state index is -0.809. The molecule has 0 aliphatic carbocycles. The molecular formula is C28H42FN5O3S. The van der Waals surface area contributed by atoms with Gasteiger partial charge in [-0.2, -0.15) is 0 Å². The summed E-state index contributed by atoms with van der Waals surface area (Å²) in [6.07, 6.45) is 1.15. The van der Waals surface area contributed by atoms with Gasteiger partial charge in [-0.1, -0.05) is 27.7 Å². The van der Waals surface area contributed by atoms with Crippen LogP contribution in [0.3, 0.4) is 0 Å². The highest BCUT2D eigenvalue weighted by atomic mass is 32.1. The van der Waals surface area contributed by atoms with E-state index in [9.17, 15) is 18.8 Å². The molecule has 1 fully saturated rings. The van der Waals surface area contributed by atoms with Crippen molar-refractivity contribution in [2.24, 2.45) is 0 Å². The summed E-state index contributed by atoms with van der Waals surface area (Å²) in [5.74, 6) is -0.314. The molecule has 1 unspecified atom stereocenters. The van der Waals surface area contributed by atoms with Crippen LogP contribution in [0.25, 0.3) is 0 Å². The fourth-order valence-corrected chi connectivity index (χ4v) is 5.15. The summed E-state index contributed by atoms with van der Waals surface area (Å²) >= 11 is 1.62. The highest BCUT2D eigenvalue weighted by Gasteiger charge is 2.47. The van der Waals surface area contributed by atoms with Gasteiger partial charge in [-0.15, -0.1) is 11.3 Å². The van der Waals surface area contributed by atoms with Crippen molar-refractivity contribution in [3.05, 3.63) is 46.6 Å². The number of piperazine rings is 1. The van der Waals surface area contributed by atoms with Crippen LogP contribution < -0.4 is 10.6 Å². The van der Waals surface area contributed by atoms with Crippen molar-refractivity contribution in [2.75, 3.05) is 58.0 Å². The number of anilines is 2. The number of amides is 3. The molecule has 10 heteroatoms. The van der Waals surface area contributed by atoms with E-state index in [0.29, 0.717) is 43.7 Å². The van der Waals surface area contributed by atoms with Crippen molar-refractivity contribution in [1.82, 2.24) is 14.7 Å². The first kappa shape index (κ1) is 31.2. The molecule has 8 nitrogen and oxygen atoms in total. The Morgan fingerprint density at radius 2 is 1.84 bits per heavy atom. The van der Waals surface area contributed by atoms with E-state index in [-0.39, 0.29) is 23.0 Å². The van der Waals surface area contributed by atoms with Crippen molar-refractivity contribution in [2.45, 2.75) is 52.0 Å². The number of hydrogen-bond acceptors (Lipinski definition) is 6. The van der Waals surface area contributed by atoms with Crippen molar-refractivity contribution in [3.8, 4) is 0 Å². The molecule has 0 radical (unpaired) electrons. The van der Waals surface area contributed by atoms with E-state index in [1.54, 1.807) is 16.2 Å². The van der Waals surface area contributed by atoms with Crippen LogP contribution in [-0.4, -0.2) is 85.8 Å². The van der Waals surface area contributed by atoms with E-state index >= 15 is 0 Å². The third-order valence-electron chi connectivity index (χ3n) is 6.69. The minimum Gasteiger partial charge on any atom is -0.379 e. The fraction of sp³-hybridized carbons (Fsp3) is 0.536. The zero-order valence-corrected chi connectivity index (χ0v) is 24.7. The molecule has 1 aliphatic heterocycles. The minimum absolute atomic E-state index is 0.0243. The fourth-order valence-electron chi connectivity index (χ4n) is 4.09. The van der Waals surface area contributed by atoms with E-state index in [1.165, 1.54) is 24.3 Å². The van der Waals surface area contributed by atoms with Gasteiger partial charge in [-0.25, -0.2) is 4.39 Å². The molecule has 1 aromatic heterocycles. The van der Waals surface area contributed by atoms with Gasteiger partial charge in [0.25, 0.3) is 5.91 Å². The van der Waals surface area contributed by atoms with Crippen molar-refractivity contribution in [3.63, 3.8) is 0 Å². The Labute approximate surface area is 230 Å². The molecular weight excluding hydrogens is 505 g/mol. The van der Waals surface area contributed by atoms with Crippen LogP contribution in [0.5, 0.6) is 0 Å². The number of benzene rings is 1. The van der Waals surface area contributed by atoms with Crippen LogP contribution in [0, 0.1) is 5.82 Å². The van der Waals surface area contributed by atoms with E-state index in [1.807, 2.05) is 46.0 Å². The topological polar surface area (TPSA) is 85.0 Å². The number of thiophene rings is 1. The number of hydrogen-bond donors (Lipinski definition) is 2. The second kappa shape index (κ2) is 13.2. The normalized spacial score (nSPS) is 17.7. The number of halogens is 1. The lowest BCUT2D eigenvalue weighted by Gasteiger charge is -2.47. The molecule has 2 aromatic rings. The van der Waals surface area contributed by atoms with Gasteiger partial charge in [-0.3, -0.25) is 14.4 Å². The van der Waals surface area contributed by atoms with Gasteiger partial charge in [-0.05, 0) is 63.2 Å². The third kappa shape index (κ3) is 7.54. The molecule has 2 N–H and O–H groups in total. The van der Waals surface area contributed by atoms with E-state index in [0.717, 1.165) is 16.4 Å². The molecule has 0 spiro atoms. The maximum Gasteiger partial charge on any atom is 0.257 e. The van der Waals surface area contributed by atoms with Crippen molar-refractivity contribution < 1.29 is 18.8 Å². The SMILES string of the molecule is CCC1(C)C(=O)N(CCN(C)C)CCN1C(=O)c1cc(C(C)(C)C)sc1NC.O=CNc1ccc(F)cc1. The number of nitrogens with zero attached hydrogens (tertiary/aromatic N) is 3. The third-order valence-corrected chi connectivity index (χ3v) is 8.26. The summed E-state index contributed by atoms with van der Waals surface area (Å²) in [7, 11) is 5.86. The van der Waals surface area contributed by atoms with Crippen LogP contribution in [0.4, 0.5) is 15.1 Å². The average Bonchev–Trinajstić information content (AvgIpc) is 3.32. The van der Waals surface area contributed by atoms with E-state index < -0.39 is 5.54 Å². The average molecular weight is 548 g/mol. The van der Waals surface area contributed by atoms with Gasteiger partial charge in [0.2, 0.25) is 12.3 Å². The molecule has 210 valence electrons. The zero-order chi connectivity index (χ0) is 28.7. The smallest absolute Gasteiger partial charge is 0.257 e. The Bertz CT molecular complexity index is 1100. The first-order chi connectivity index (χ1) is 17.8. The van der Waals surface area contributed by atoms with Crippen LogP contribution in [0.2, 0.25) is 0 Å². The maximum absolute atomic E-state index is 13.5. The highest BCUT2D eigenvalue weighted by molar-refractivity contribution is 7.16. The van der Waals surface area contributed by atoms with Crippen LogP contribution in [0.15, 0.2) is 30.3 Å². The lowest BCUT2D eigenvalue weighted by atomic mass is 9.90. The van der Waals surface area contributed by atoms with E-state index in [2.05, 4.69) is 36.3 Å². The van der Waals surface area contributed by atoms with Gasteiger partial charge >= 0.3 is 0 Å². The molecule has 3 rings (SSSR count). The van der Waals surface area contributed by atoms with Crippen molar-refractivity contribution in [1.29, 1.82) is 0 Å². The summed E-state index contributed by atoms with van der Waals surface area (Å²) in [6, 6.07) is 7.54. The Kier molecular flexibility index (Phi) is 10.8. The van der Waals surface area contributed by atoms with Crippen LogP contribution in [0.1, 0.15) is 56.3 Å². The van der Waals surface area contributed by atoms with Crippen LogP contribution in [-0.2, 0) is 15.0 Å². The summed E-state index contributed by atoms with van der Waals surface area (Å²) in [5, 5.41) is 6.44. The first-order valence-electron chi connectivity index (χ1n) is 12.8. The van der Waals surface area contributed by atoms with Gasteiger partial charge in [0.05, 0.1) is 5.56 Å². The second-order valence-electron chi connectivity index (χ2n) is 10.8. The predicted octanol–water partition coefficient (Wildman–Crippen LogP) is 4.50. The predicted molar refractivity (Wildman–Crippen MR) is 154 cm³/mol. The summed E-state index contributed by atoms with van der Waals surface area (Å²) in [4.78, 5) is 43.6. The Morgan fingerprint density at radius 3 is 2.34 bits per heavy atom. The second-order valence-corrected chi connectivity index (χ2v) is 11.9. The maximum atomic E-state index is 13.5. The number of carbonyl (C=O) groups is 3. The summed E-state index contributed by atoms with van der Waals surface area (Å²) < 4.78 is 12.2. The van der Waals surface area contributed by atoms with Gasteiger partial charge < -0.3 is 25.3 Å². The lowest BCUT2D eigenvalue weighted by Crippen LogP contribution is -2.66. The number of rotatable bonds is 8. The quantitative estimate of drug-likeness (QED) is 0.476. The zero-order valence-electron chi connectivity index (χ0n) is 23.9. The van der Waals surface area contributed by atoms with Gasteiger partial charge in [0.15, 0.2) is 0 Å². The Hall–Kier alpha value is -2.98. The standard InChI is InChI=1S/C21H36N4O2S.C7H6FNO/c1-9-21(5)19(27)24(11-10-23(7)8)12-13-25(21)18(26)15-14-16(20(2,3)4)28-17(15)22-6;8-6-1-3-7(4-2-6)9-5-10/h14,22H,9-13H2,1-8H3;1-5H,(H,9,10). The monoisotopic (exact) mass is 547 g/mol. The first-order valence-corrected chi connectivity index (χ1v) is 13.6. The van der Waals surface area contributed by atoms with E-state index in [4.69, 9.17) is 0 Å². The number of carbonyl (C=O) groups excluding carboxylic acids is 3. The molecule has 0 bridgehead atoms. The number of nitrogens with one attached hydrogen (secondary N) is 2. The van der Waals surface area contributed by atoms with Crippen molar-refractivity contribution >= 4 is 40.2 Å².